The van der Waals surface area contributed by atoms with Crippen LogP contribution in [0, 0.1) is 6.92 Å². The largest absolute Gasteiger partial charge is 1.00 e. The number of halogens is 2. The molecule has 6 rings (SSSR count). The first-order chi connectivity index (χ1) is 13.7. The minimum Gasteiger partial charge on any atom is -1.00 e. The molecule has 0 bridgehead atoms. The molecule has 1 unspecified atom stereocenters. The van der Waals surface area contributed by atoms with Crippen molar-refractivity contribution in [1.29, 1.82) is 0 Å². The van der Waals surface area contributed by atoms with E-state index >= 15 is 0 Å². The molecule has 0 saturated carbocycles. The summed E-state index contributed by atoms with van der Waals surface area (Å²) in [4.78, 5) is 0. The first-order valence-electron chi connectivity index (χ1n) is 10.3. The van der Waals surface area contributed by atoms with Crippen molar-refractivity contribution in [1.82, 2.24) is 0 Å². The minimum atomic E-state index is 0. The van der Waals surface area contributed by atoms with Crippen molar-refractivity contribution in [3.8, 4) is 0 Å². The van der Waals surface area contributed by atoms with E-state index in [-0.39, 0.29) is 50.7 Å². The molecule has 156 valence electrons. The molecule has 0 amide bonds. The van der Waals surface area contributed by atoms with Crippen LogP contribution in [-0.4, -0.2) is 0 Å². The molecule has 2 aliphatic rings. The van der Waals surface area contributed by atoms with E-state index in [1.165, 1.54) is 55.8 Å². The maximum absolute atomic E-state index is 2.49. The molecule has 0 fully saturated rings. The second-order valence-electron chi connectivity index (χ2n) is 8.48. The van der Waals surface area contributed by atoms with Crippen molar-refractivity contribution in [2.75, 3.05) is 0 Å². The fourth-order valence-corrected chi connectivity index (χ4v) is 5.34. The molecule has 1 atom stereocenters. The van der Waals surface area contributed by atoms with Crippen molar-refractivity contribution in [2.24, 2.45) is 0 Å². The maximum atomic E-state index is 2.49. The van der Waals surface area contributed by atoms with Gasteiger partial charge in [-0.1, -0.05) is 84.3 Å². The smallest absolute Gasteiger partial charge is 0 e. The molecule has 4 aromatic rings. The van der Waals surface area contributed by atoms with Crippen LogP contribution in [0.25, 0.3) is 32.7 Å². The van der Waals surface area contributed by atoms with Crippen LogP contribution < -0.4 is 24.8 Å². The summed E-state index contributed by atoms with van der Waals surface area (Å²) in [6, 6.07) is 22.7. The minimum absolute atomic E-state index is 0. The Balaban J connectivity index is 0.000000907. The van der Waals surface area contributed by atoms with Crippen LogP contribution in [0.15, 0.2) is 72.8 Å². The first-order valence-corrected chi connectivity index (χ1v) is 10.3. The monoisotopic (exact) mass is 609 g/mol. The average Bonchev–Trinajstić information content (AvgIpc) is 3.30. The number of aryl methyl sites for hydroxylation is 1. The molecular weight excluding hydrogens is 586 g/mol. The standard InChI is InChI=1S/C28H23.2ClH.Hf/c1-17-7-5-9-19(13-17)21-11-6-12-23(21)25-16-24-22-10-4-3-8-20(22)15-27(24)28-18(2)14-26(25)28;;;/h3-11,13,15-16,18H,12,14H2,1-2H3;2*1H;/q-1;;;/p-2. The number of hydrogen-bond acceptors (Lipinski definition) is 0. The molecule has 4 aromatic carbocycles. The Morgan fingerprint density at radius 1 is 0.935 bits per heavy atom. The van der Waals surface area contributed by atoms with Gasteiger partial charge < -0.3 is 24.8 Å². The van der Waals surface area contributed by atoms with Crippen LogP contribution in [0.3, 0.4) is 0 Å². The molecule has 0 N–H and O–H groups in total. The average molecular weight is 609 g/mol. The van der Waals surface area contributed by atoms with Gasteiger partial charge in [-0.25, -0.2) is 0 Å². The molecule has 0 aromatic heterocycles. The van der Waals surface area contributed by atoms with E-state index in [0.29, 0.717) is 5.92 Å². The van der Waals surface area contributed by atoms with Crippen LogP contribution in [-0.2, 0) is 32.3 Å². The van der Waals surface area contributed by atoms with E-state index in [0.717, 1.165) is 6.42 Å². The summed E-state index contributed by atoms with van der Waals surface area (Å²) < 4.78 is 0. The third-order valence-corrected chi connectivity index (χ3v) is 6.66. The Kier molecular flexibility index (Phi) is 7.11. The van der Waals surface area contributed by atoms with Crippen LogP contribution in [0.1, 0.15) is 47.1 Å². The third-order valence-electron chi connectivity index (χ3n) is 6.66. The number of benzene rings is 3. The van der Waals surface area contributed by atoms with Crippen molar-refractivity contribution in [3.63, 3.8) is 0 Å². The van der Waals surface area contributed by atoms with E-state index in [4.69, 9.17) is 0 Å². The zero-order valence-corrected chi connectivity index (χ0v) is 22.8. The fourth-order valence-electron chi connectivity index (χ4n) is 5.34. The Bertz CT molecular complexity index is 1340. The fraction of sp³-hybridized carbons (Fsp3) is 0.179. The summed E-state index contributed by atoms with van der Waals surface area (Å²) in [5.74, 6) is 0.659. The maximum Gasteiger partial charge on any atom is 0 e. The van der Waals surface area contributed by atoms with Crippen LogP contribution in [0.5, 0.6) is 0 Å². The van der Waals surface area contributed by atoms with Crippen LogP contribution >= 0.6 is 0 Å². The number of rotatable bonds is 2. The van der Waals surface area contributed by atoms with Crippen LogP contribution in [0.2, 0.25) is 0 Å². The summed E-state index contributed by atoms with van der Waals surface area (Å²) in [6.07, 6.45) is 6.89. The Labute approximate surface area is 215 Å². The molecule has 0 saturated heterocycles. The molecule has 3 heteroatoms. The summed E-state index contributed by atoms with van der Waals surface area (Å²) in [5, 5.41) is 5.67. The van der Waals surface area contributed by atoms with Crippen LogP contribution in [0.4, 0.5) is 0 Å². The van der Waals surface area contributed by atoms with E-state index in [2.05, 4.69) is 86.7 Å². The van der Waals surface area contributed by atoms with Gasteiger partial charge in [0.1, 0.15) is 0 Å². The van der Waals surface area contributed by atoms with E-state index < -0.39 is 0 Å². The Morgan fingerprint density at radius 3 is 2.52 bits per heavy atom. The molecule has 0 radical (unpaired) electrons. The van der Waals surface area contributed by atoms with Gasteiger partial charge in [-0.2, -0.15) is 0 Å². The van der Waals surface area contributed by atoms with E-state index in [9.17, 15) is 0 Å². The van der Waals surface area contributed by atoms with Gasteiger partial charge in [0.15, 0.2) is 0 Å². The predicted molar refractivity (Wildman–Crippen MR) is 121 cm³/mol. The van der Waals surface area contributed by atoms with E-state index in [1.807, 2.05) is 0 Å². The number of allylic oxidation sites excluding steroid dienone is 4. The zero-order chi connectivity index (χ0) is 18.8. The zero-order valence-electron chi connectivity index (χ0n) is 17.7. The van der Waals surface area contributed by atoms with Gasteiger partial charge in [-0.05, 0) is 48.0 Å². The van der Waals surface area contributed by atoms with Gasteiger partial charge in [-0.3, -0.25) is 0 Å². The SMILES string of the molecule is Cc1cccc(C2=C(c3cc4c([cH-]c5ccccc54)c4c3CC4C)CC=C2)c1.[Cl-].[Cl-].[Hf]. The topological polar surface area (TPSA) is 0 Å². The summed E-state index contributed by atoms with van der Waals surface area (Å²) in [7, 11) is 0. The second kappa shape index (κ2) is 9.14. The molecule has 2 aliphatic carbocycles. The normalized spacial score (nSPS) is 16.4. The van der Waals surface area contributed by atoms with Crippen molar-refractivity contribution < 1.29 is 50.7 Å². The van der Waals surface area contributed by atoms with Gasteiger partial charge in [0.25, 0.3) is 0 Å². The second-order valence-corrected chi connectivity index (χ2v) is 8.48. The summed E-state index contributed by atoms with van der Waals surface area (Å²) in [6.45, 7) is 4.56. The molecular formula is C28H23Cl2Hf-3. The van der Waals surface area contributed by atoms with Crippen molar-refractivity contribution in [2.45, 2.75) is 32.6 Å². The molecule has 0 nitrogen and oxygen atoms in total. The molecule has 31 heavy (non-hydrogen) atoms. The van der Waals surface area contributed by atoms with Gasteiger partial charge >= 0.3 is 0 Å². The van der Waals surface area contributed by atoms with Crippen molar-refractivity contribution in [3.05, 3.63) is 101 Å². The Hall–Kier alpha value is -1.54. The summed E-state index contributed by atoms with van der Waals surface area (Å²) >= 11 is 0. The Morgan fingerprint density at radius 2 is 1.74 bits per heavy atom. The number of hydrogen-bond donors (Lipinski definition) is 0. The van der Waals surface area contributed by atoms with E-state index in [1.54, 1.807) is 11.1 Å². The first kappa shape index (κ1) is 24.1. The van der Waals surface area contributed by atoms with Gasteiger partial charge in [0.05, 0.1) is 0 Å². The molecule has 0 aliphatic heterocycles. The van der Waals surface area contributed by atoms with Crippen molar-refractivity contribution >= 4 is 32.7 Å². The molecule has 0 heterocycles. The third kappa shape index (κ3) is 3.69. The van der Waals surface area contributed by atoms with Gasteiger partial charge in [-0.15, -0.1) is 33.7 Å². The van der Waals surface area contributed by atoms with Gasteiger partial charge in [0.2, 0.25) is 0 Å². The number of fused-ring (bicyclic) bond motifs is 5. The molecule has 0 spiro atoms. The quantitative estimate of drug-likeness (QED) is 0.240. The summed E-state index contributed by atoms with van der Waals surface area (Å²) in [5.41, 5.74) is 10.2. The van der Waals surface area contributed by atoms with Gasteiger partial charge in [0, 0.05) is 25.8 Å². The predicted octanol–water partition coefficient (Wildman–Crippen LogP) is 1.56.